The molecule has 2 rings (SSSR count). The van der Waals surface area contributed by atoms with E-state index in [-0.39, 0.29) is 0 Å². The Morgan fingerprint density at radius 2 is 2.18 bits per heavy atom. The van der Waals surface area contributed by atoms with Gasteiger partial charge in [0.05, 0.1) is 0 Å². The van der Waals surface area contributed by atoms with Gasteiger partial charge in [0.1, 0.15) is 16.3 Å². The Morgan fingerprint density at radius 3 is 3.00 bits per heavy atom. The molecule has 11 heavy (non-hydrogen) atoms. The SMILES string of the molecule is [Al][CH2]C1CCc2ccccc21. The summed E-state index contributed by atoms with van der Waals surface area (Å²) >= 11 is 2.85. The van der Waals surface area contributed by atoms with E-state index in [2.05, 4.69) is 40.6 Å². The van der Waals surface area contributed by atoms with Crippen molar-refractivity contribution in [3.8, 4) is 0 Å². The van der Waals surface area contributed by atoms with Crippen LogP contribution >= 0.6 is 0 Å². The standard InChI is InChI=1S/C10H11.Al/c1-8-6-7-9-4-2-3-5-10(8)9;/h2-5,8H,1,6-7H2;. The van der Waals surface area contributed by atoms with Crippen LogP contribution in [0.4, 0.5) is 0 Å². The molecule has 0 nitrogen and oxygen atoms in total. The first kappa shape index (κ1) is 7.40. The van der Waals surface area contributed by atoms with Crippen molar-refractivity contribution in [2.24, 2.45) is 0 Å². The Hall–Kier alpha value is -0.248. The molecular weight excluding hydrogens is 147 g/mol. The van der Waals surface area contributed by atoms with Gasteiger partial charge in [0.15, 0.2) is 0 Å². The highest BCUT2D eigenvalue weighted by atomic mass is 27.0. The maximum Gasteiger partial charge on any atom is 0.119 e. The first-order valence-electron chi connectivity index (χ1n) is 4.19. The van der Waals surface area contributed by atoms with Gasteiger partial charge < -0.3 is 0 Å². The summed E-state index contributed by atoms with van der Waals surface area (Å²) in [7, 11) is 0. The molecule has 0 spiro atoms. The van der Waals surface area contributed by atoms with Crippen LogP contribution in [-0.2, 0) is 6.42 Å². The van der Waals surface area contributed by atoms with Gasteiger partial charge in [-0.3, -0.25) is 0 Å². The van der Waals surface area contributed by atoms with Crippen LogP contribution in [0.15, 0.2) is 24.3 Å². The second kappa shape index (κ2) is 3.01. The number of aryl methyl sites for hydroxylation is 1. The first-order valence-corrected chi connectivity index (χ1v) is 5.01. The fraction of sp³-hybridized carbons (Fsp3) is 0.400. The zero-order chi connectivity index (χ0) is 7.68. The molecular formula is C10H11Al. The molecule has 0 aromatic heterocycles. The molecule has 1 aliphatic carbocycles. The third-order valence-corrected chi connectivity index (χ3v) is 3.11. The largest absolute Gasteiger partial charge is 0.119 e. The molecule has 0 heterocycles. The monoisotopic (exact) mass is 158 g/mol. The topological polar surface area (TPSA) is 0 Å². The lowest BCUT2D eigenvalue weighted by molar-refractivity contribution is 0.746. The Labute approximate surface area is 76.0 Å². The van der Waals surface area contributed by atoms with Crippen molar-refractivity contribution in [2.75, 3.05) is 0 Å². The summed E-state index contributed by atoms with van der Waals surface area (Å²) in [6.45, 7) is 0. The van der Waals surface area contributed by atoms with E-state index in [0.717, 1.165) is 5.92 Å². The average molecular weight is 158 g/mol. The van der Waals surface area contributed by atoms with Crippen LogP contribution in [0.25, 0.3) is 0 Å². The highest BCUT2D eigenvalue weighted by molar-refractivity contribution is 6.09. The van der Waals surface area contributed by atoms with Gasteiger partial charge in [-0.2, -0.15) is 0 Å². The molecule has 1 heteroatoms. The Balaban J connectivity index is 2.39. The Bertz CT molecular complexity index is 255. The van der Waals surface area contributed by atoms with Crippen molar-refractivity contribution in [2.45, 2.75) is 24.0 Å². The maximum atomic E-state index is 2.85. The summed E-state index contributed by atoms with van der Waals surface area (Å²) in [6, 6.07) is 8.83. The Morgan fingerprint density at radius 1 is 1.36 bits per heavy atom. The molecule has 0 fully saturated rings. The van der Waals surface area contributed by atoms with Crippen LogP contribution in [0, 0.1) is 0 Å². The van der Waals surface area contributed by atoms with Crippen LogP contribution in [0.1, 0.15) is 23.5 Å². The molecule has 1 atom stereocenters. The van der Waals surface area contributed by atoms with Crippen molar-refractivity contribution < 1.29 is 0 Å². The minimum Gasteiger partial charge on any atom is -0.111 e. The molecule has 0 aliphatic heterocycles. The molecule has 0 saturated heterocycles. The minimum atomic E-state index is 0.816. The van der Waals surface area contributed by atoms with E-state index in [1.807, 2.05) is 0 Å². The van der Waals surface area contributed by atoms with Crippen LogP contribution in [0.3, 0.4) is 0 Å². The molecule has 1 aromatic carbocycles. The highest BCUT2D eigenvalue weighted by Crippen LogP contribution is 2.34. The van der Waals surface area contributed by atoms with E-state index in [1.54, 1.807) is 11.1 Å². The lowest BCUT2D eigenvalue weighted by Crippen LogP contribution is -1.90. The van der Waals surface area contributed by atoms with Gasteiger partial charge in [0, 0.05) is 0 Å². The minimum absolute atomic E-state index is 0.816. The first-order chi connectivity index (χ1) is 5.42. The second-order valence-electron chi connectivity index (χ2n) is 3.17. The predicted molar refractivity (Wildman–Crippen MR) is 48.1 cm³/mol. The summed E-state index contributed by atoms with van der Waals surface area (Å²) < 4.78 is 0. The van der Waals surface area contributed by atoms with Gasteiger partial charge in [-0.25, -0.2) is 0 Å². The zero-order valence-corrected chi connectivity index (χ0v) is 7.74. The van der Waals surface area contributed by atoms with E-state index < -0.39 is 0 Å². The lowest BCUT2D eigenvalue weighted by atomic mass is 10.0. The molecule has 0 amide bonds. The van der Waals surface area contributed by atoms with Crippen molar-refractivity contribution in [1.29, 1.82) is 0 Å². The van der Waals surface area contributed by atoms with Crippen molar-refractivity contribution in [3.63, 3.8) is 0 Å². The van der Waals surface area contributed by atoms with Gasteiger partial charge in [-0.05, 0) is 29.9 Å². The van der Waals surface area contributed by atoms with Crippen molar-refractivity contribution >= 4 is 16.3 Å². The summed E-state index contributed by atoms with van der Waals surface area (Å²) in [4.78, 5) is 0. The van der Waals surface area contributed by atoms with Crippen molar-refractivity contribution in [3.05, 3.63) is 35.4 Å². The van der Waals surface area contributed by atoms with E-state index >= 15 is 0 Å². The lowest BCUT2D eigenvalue weighted by Gasteiger charge is -2.07. The highest BCUT2D eigenvalue weighted by Gasteiger charge is 2.18. The normalized spacial score (nSPS) is 21.6. The van der Waals surface area contributed by atoms with Crippen LogP contribution < -0.4 is 0 Å². The van der Waals surface area contributed by atoms with Gasteiger partial charge in [-0.15, -0.1) is 5.28 Å². The number of benzene rings is 1. The maximum absolute atomic E-state index is 2.85. The number of hydrogen-bond acceptors (Lipinski definition) is 0. The van der Waals surface area contributed by atoms with Gasteiger partial charge in [0.2, 0.25) is 0 Å². The molecule has 0 saturated carbocycles. The molecule has 1 aliphatic rings. The van der Waals surface area contributed by atoms with Crippen LogP contribution in [0.5, 0.6) is 0 Å². The van der Waals surface area contributed by atoms with Crippen LogP contribution in [0.2, 0.25) is 5.28 Å². The molecule has 0 N–H and O–H groups in total. The van der Waals surface area contributed by atoms with E-state index in [9.17, 15) is 0 Å². The predicted octanol–water partition coefficient (Wildman–Crippen LogP) is 2.30. The van der Waals surface area contributed by atoms with E-state index in [4.69, 9.17) is 0 Å². The van der Waals surface area contributed by atoms with Gasteiger partial charge in [0.25, 0.3) is 0 Å². The molecule has 2 radical (unpaired) electrons. The van der Waals surface area contributed by atoms with E-state index in [0.29, 0.717) is 0 Å². The smallest absolute Gasteiger partial charge is 0.111 e. The fourth-order valence-corrected chi connectivity index (χ4v) is 2.38. The number of hydrogen-bond donors (Lipinski definition) is 0. The quantitative estimate of drug-likeness (QED) is 0.550. The second-order valence-corrected chi connectivity index (χ2v) is 3.64. The summed E-state index contributed by atoms with van der Waals surface area (Å²) in [5.74, 6) is 0.816. The van der Waals surface area contributed by atoms with Crippen LogP contribution in [-0.4, -0.2) is 16.3 Å². The zero-order valence-electron chi connectivity index (χ0n) is 6.59. The summed E-state index contributed by atoms with van der Waals surface area (Å²) in [6.07, 6.45) is 2.64. The summed E-state index contributed by atoms with van der Waals surface area (Å²) in [5, 5.41) is 1.22. The van der Waals surface area contributed by atoms with Gasteiger partial charge >= 0.3 is 0 Å². The third-order valence-electron chi connectivity index (χ3n) is 2.54. The number of rotatable bonds is 1. The summed E-state index contributed by atoms with van der Waals surface area (Å²) in [5.41, 5.74) is 3.16. The third kappa shape index (κ3) is 1.24. The fourth-order valence-electron chi connectivity index (χ4n) is 1.89. The average Bonchev–Trinajstić information content (AvgIpc) is 2.47. The number of fused-ring (bicyclic) bond motifs is 1. The molecule has 54 valence electrons. The molecule has 1 aromatic rings. The molecule has 0 bridgehead atoms. The molecule has 1 unspecified atom stereocenters. The van der Waals surface area contributed by atoms with E-state index in [1.165, 1.54) is 18.1 Å². The Kier molecular flexibility index (Phi) is 2.03. The van der Waals surface area contributed by atoms with Crippen molar-refractivity contribution in [1.82, 2.24) is 0 Å². The van der Waals surface area contributed by atoms with Gasteiger partial charge in [-0.1, -0.05) is 24.3 Å².